The van der Waals surface area contributed by atoms with Gasteiger partial charge in [0.05, 0.1) is 0 Å². The zero-order valence-corrected chi connectivity index (χ0v) is 16.7. The van der Waals surface area contributed by atoms with E-state index < -0.39 is 0 Å². The lowest BCUT2D eigenvalue weighted by atomic mass is 9.78. The molecule has 0 atom stereocenters. The summed E-state index contributed by atoms with van der Waals surface area (Å²) in [5, 5.41) is 2.23. The molecule has 4 heteroatoms. The van der Waals surface area contributed by atoms with E-state index in [0.29, 0.717) is 12.0 Å². The molecule has 140 valence electrons. The van der Waals surface area contributed by atoms with E-state index in [0.717, 1.165) is 13.1 Å². The molecular weight excluding hydrogens is 338 g/mol. The Morgan fingerprint density at radius 3 is 2.19 bits per heavy atom. The lowest BCUT2D eigenvalue weighted by Gasteiger charge is -2.39. The van der Waals surface area contributed by atoms with Gasteiger partial charge < -0.3 is 5.73 Å². The molecule has 2 aromatic rings. The standard InChI is InChI=1S/C22H31N3S/c1-18-6-13-26-21(18)16-24-10-7-22(8-11-24)9-12-25(17-22)15-20-4-2-19(14-23)3-5-20/h2-6,13H,7-12,14-17,23H2,1H3. The monoisotopic (exact) mass is 369 g/mol. The second-order valence-corrected chi connectivity index (χ2v) is 9.28. The second-order valence-electron chi connectivity index (χ2n) is 8.28. The average molecular weight is 370 g/mol. The van der Waals surface area contributed by atoms with Crippen molar-refractivity contribution in [2.75, 3.05) is 26.2 Å². The summed E-state index contributed by atoms with van der Waals surface area (Å²) in [5.41, 5.74) is 10.4. The summed E-state index contributed by atoms with van der Waals surface area (Å²) in [5.74, 6) is 0. The third-order valence-corrected chi connectivity index (χ3v) is 7.44. The van der Waals surface area contributed by atoms with Crippen molar-refractivity contribution in [1.29, 1.82) is 0 Å². The van der Waals surface area contributed by atoms with Gasteiger partial charge in [-0.05, 0) is 79.4 Å². The van der Waals surface area contributed by atoms with Gasteiger partial charge in [0.15, 0.2) is 0 Å². The first-order chi connectivity index (χ1) is 12.7. The number of aryl methyl sites for hydroxylation is 1. The van der Waals surface area contributed by atoms with Gasteiger partial charge in [-0.25, -0.2) is 0 Å². The highest BCUT2D eigenvalue weighted by molar-refractivity contribution is 7.10. The molecule has 0 radical (unpaired) electrons. The van der Waals surface area contributed by atoms with E-state index >= 15 is 0 Å². The van der Waals surface area contributed by atoms with Crippen molar-refractivity contribution in [2.24, 2.45) is 11.1 Å². The highest BCUT2D eigenvalue weighted by Crippen LogP contribution is 2.41. The van der Waals surface area contributed by atoms with E-state index in [9.17, 15) is 0 Å². The molecule has 2 saturated heterocycles. The molecule has 1 aromatic heterocycles. The molecule has 1 aromatic carbocycles. The molecule has 0 aliphatic carbocycles. The molecule has 2 fully saturated rings. The van der Waals surface area contributed by atoms with E-state index in [1.165, 1.54) is 62.1 Å². The van der Waals surface area contributed by atoms with Gasteiger partial charge >= 0.3 is 0 Å². The lowest BCUT2D eigenvalue weighted by Crippen LogP contribution is -2.41. The Kier molecular flexibility index (Phi) is 5.46. The predicted molar refractivity (Wildman–Crippen MR) is 110 cm³/mol. The van der Waals surface area contributed by atoms with Crippen molar-refractivity contribution in [3.63, 3.8) is 0 Å². The molecule has 3 heterocycles. The molecule has 2 aliphatic rings. The Balaban J connectivity index is 1.29. The Morgan fingerprint density at radius 1 is 0.923 bits per heavy atom. The van der Waals surface area contributed by atoms with Crippen LogP contribution in [0.3, 0.4) is 0 Å². The zero-order chi connectivity index (χ0) is 18.0. The Labute approximate surface area is 161 Å². The first kappa shape index (κ1) is 18.2. The van der Waals surface area contributed by atoms with Crippen molar-refractivity contribution in [1.82, 2.24) is 9.80 Å². The van der Waals surface area contributed by atoms with Crippen LogP contribution in [-0.2, 0) is 19.6 Å². The summed E-state index contributed by atoms with van der Waals surface area (Å²) in [6.45, 7) is 10.2. The molecule has 0 bridgehead atoms. The van der Waals surface area contributed by atoms with E-state index in [1.54, 1.807) is 4.88 Å². The minimum absolute atomic E-state index is 0.568. The Bertz CT molecular complexity index is 713. The summed E-state index contributed by atoms with van der Waals surface area (Å²) < 4.78 is 0. The van der Waals surface area contributed by atoms with Gasteiger partial charge in [-0.3, -0.25) is 9.80 Å². The topological polar surface area (TPSA) is 32.5 Å². The fourth-order valence-electron chi connectivity index (χ4n) is 4.56. The number of nitrogens with two attached hydrogens (primary N) is 1. The zero-order valence-electron chi connectivity index (χ0n) is 15.9. The van der Waals surface area contributed by atoms with Gasteiger partial charge in [0.1, 0.15) is 0 Å². The van der Waals surface area contributed by atoms with Crippen LogP contribution in [0, 0.1) is 12.3 Å². The van der Waals surface area contributed by atoms with Crippen LogP contribution in [0.15, 0.2) is 35.7 Å². The maximum atomic E-state index is 5.70. The average Bonchev–Trinajstić information content (AvgIpc) is 3.24. The minimum atomic E-state index is 0.568. The van der Waals surface area contributed by atoms with Gasteiger partial charge in [0, 0.05) is 31.1 Å². The first-order valence-corrected chi connectivity index (χ1v) is 10.8. The van der Waals surface area contributed by atoms with E-state index in [2.05, 4.69) is 52.4 Å². The first-order valence-electron chi connectivity index (χ1n) is 9.91. The third-order valence-electron chi connectivity index (χ3n) is 6.43. The summed E-state index contributed by atoms with van der Waals surface area (Å²) in [4.78, 5) is 6.88. The minimum Gasteiger partial charge on any atom is -0.326 e. The molecular formula is C22H31N3S. The van der Waals surface area contributed by atoms with Gasteiger partial charge in [0.2, 0.25) is 0 Å². The van der Waals surface area contributed by atoms with Crippen molar-refractivity contribution in [3.05, 3.63) is 57.3 Å². The van der Waals surface area contributed by atoms with Crippen molar-refractivity contribution in [3.8, 4) is 0 Å². The van der Waals surface area contributed by atoms with Crippen LogP contribution >= 0.6 is 11.3 Å². The van der Waals surface area contributed by atoms with Crippen molar-refractivity contribution < 1.29 is 0 Å². The molecule has 4 rings (SSSR count). The van der Waals surface area contributed by atoms with Crippen LogP contribution in [0.1, 0.15) is 40.8 Å². The Morgan fingerprint density at radius 2 is 1.58 bits per heavy atom. The SMILES string of the molecule is Cc1ccsc1CN1CCC2(CC1)CCN(Cc1ccc(CN)cc1)C2. The maximum Gasteiger partial charge on any atom is 0.0330 e. The number of piperidine rings is 1. The number of thiophene rings is 1. The van der Waals surface area contributed by atoms with Crippen LogP contribution in [0.25, 0.3) is 0 Å². The Hall–Kier alpha value is -1.20. The van der Waals surface area contributed by atoms with Crippen LogP contribution in [0.2, 0.25) is 0 Å². The van der Waals surface area contributed by atoms with E-state index in [1.807, 2.05) is 11.3 Å². The van der Waals surface area contributed by atoms with Gasteiger partial charge in [-0.1, -0.05) is 24.3 Å². The number of likely N-dealkylation sites (tertiary alicyclic amines) is 2. The number of nitrogens with zero attached hydrogens (tertiary/aromatic N) is 2. The van der Waals surface area contributed by atoms with E-state index in [-0.39, 0.29) is 0 Å². The van der Waals surface area contributed by atoms with Crippen LogP contribution in [0.5, 0.6) is 0 Å². The lowest BCUT2D eigenvalue weighted by molar-refractivity contribution is 0.102. The third kappa shape index (κ3) is 4.04. The molecule has 0 saturated carbocycles. The smallest absolute Gasteiger partial charge is 0.0330 e. The van der Waals surface area contributed by atoms with E-state index in [4.69, 9.17) is 5.73 Å². The highest BCUT2D eigenvalue weighted by Gasteiger charge is 2.40. The molecule has 2 N–H and O–H groups in total. The number of rotatable bonds is 5. The molecule has 0 amide bonds. The largest absolute Gasteiger partial charge is 0.326 e. The second kappa shape index (κ2) is 7.81. The van der Waals surface area contributed by atoms with Crippen LogP contribution < -0.4 is 5.73 Å². The van der Waals surface area contributed by atoms with Crippen LogP contribution in [-0.4, -0.2) is 36.0 Å². The predicted octanol–water partition coefficient (Wildman–Crippen LogP) is 4.00. The maximum absolute atomic E-state index is 5.70. The van der Waals surface area contributed by atoms with Gasteiger partial charge in [0.25, 0.3) is 0 Å². The molecule has 3 nitrogen and oxygen atoms in total. The summed E-state index contributed by atoms with van der Waals surface area (Å²) in [6, 6.07) is 11.1. The molecule has 2 aliphatic heterocycles. The molecule has 1 spiro atoms. The highest BCUT2D eigenvalue weighted by atomic mass is 32.1. The van der Waals surface area contributed by atoms with Gasteiger partial charge in [-0.15, -0.1) is 11.3 Å². The summed E-state index contributed by atoms with van der Waals surface area (Å²) in [7, 11) is 0. The van der Waals surface area contributed by atoms with Gasteiger partial charge in [-0.2, -0.15) is 0 Å². The number of hydrogen-bond acceptors (Lipinski definition) is 4. The normalized spacial score (nSPS) is 20.8. The number of benzene rings is 1. The molecule has 26 heavy (non-hydrogen) atoms. The quantitative estimate of drug-likeness (QED) is 0.864. The fourth-order valence-corrected chi connectivity index (χ4v) is 5.51. The number of hydrogen-bond donors (Lipinski definition) is 1. The van der Waals surface area contributed by atoms with Crippen LogP contribution in [0.4, 0.5) is 0 Å². The summed E-state index contributed by atoms with van der Waals surface area (Å²) in [6.07, 6.45) is 4.10. The summed E-state index contributed by atoms with van der Waals surface area (Å²) >= 11 is 1.91. The fraction of sp³-hybridized carbons (Fsp3) is 0.545. The van der Waals surface area contributed by atoms with Crippen molar-refractivity contribution in [2.45, 2.75) is 45.8 Å². The van der Waals surface area contributed by atoms with Crippen molar-refractivity contribution >= 4 is 11.3 Å². The molecule has 0 unspecified atom stereocenters.